The van der Waals surface area contributed by atoms with E-state index >= 15 is 0 Å². The second-order valence-corrected chi connectivity index (χ2v) is 6.95. The molecule has 0 spiro atoms. The van der Waals surface area contributed by atoms with Gasteiger partial charge < -0.3 is 5.73 Å². The third-order valence-corrected chi connectivity index (χ3v) is 4.90. The lowest BCUT2D eigenvalue weighted by Gasteiger charge is -2.25. The molecule has 2 heterocycles. The van der Waals surface area contributed by atoms with Gasteiger partial charge in [-0.2, -0.15) is 16.9 Å². The summed E-state index contributed by atoms with van der Waals surface area (Å²) in [5.41, 5.74) is 7.36. The molecule has 1 aromatic rings. The number of thioether (sulfide) groups is 1. The van der Waals surface area contributed by atoms with Crippen LogP contribution in [0.2, 0.25) is 5.02 Å². The maximum Gasteiger partial charge on any atom is 0.0834 e. The van der Waals surface area contributed by atoms with E-state index in [1.165, 1.54) is 24.3 Å². The van der Waals surface area contributed by atoms with Crippen molar-refractivity contribution in [2.75, 3.05) is 11.5 Å². The van der Waals surface area contributed by atoms with E-state index in [1.807, 2.05) is 16.4 Å². The van der Waals surface area contributed by atoms with E-state index in [2.05, 4.69) is 18.9 Å². The zero-order valence-electron chi connectivity index (χ0n) is 11.1. The van der Waals surface area contributed by atoms with Gasteiger partial charge >= 0.3 is 0 Å². The Labute approximate surface area is 118 Å². The average molecular weight is 288 g/mol. The van der Waals surface area contributed by atoms with Gasteiger partial charge in [0.2, 0.25) is 0 Å². The van der Waals surface area contributed by atoms with E-state index in [-0.39, 0.29) is 6.04 Å². The molecule has 0 aliphatic carbocycles. The number of hydrogen-bond donors (Lipinski definition) is 1. The summed E-state index contributed by atoms with van der Waals surface area (Å²) in [6, 6.07) is 0.316. The zero-order chi connectivity index (χ0) is 13.1. The normalized spacial score (nSPS) is 19.4. The molecule has 1 aromatic heterocycles. The van der Waals surface area contributed by atoms with Crippen LogP contribution in [0.3, 0.4) is 0 Å². The molecule has 5 heteroatoms. The van der Waals surface area contributed by atoms with Gasteiger partial charge in [-0.05, 0) is 50.5 Å². The van der Waals surface area contributed by atoms with Gasteiger partial charge in [-0.3, -0.25) is 4.68 Å². The van der Waals surface area contributed by atoms with E-state index in [1.54, 1.807) is 6.20 Å². The summed E-state index contributed by atoms with van der Waals surface area (Å²) in [5, 5.41) is 5.04. The Morgan fingerprint density at radius 2 is 2.17 bits per heavy atom. The van der Waals surface area contributed by atoms with Crippen molar-refractivity contribution in [3.8, 4) is 0 Å². The van der Waals surface area contributed by atoms with Crippen molar-refractivity contribution in [3.63, 3.8) is 0 Å². The van der Waals surface area contributed by atoms with Gasteiger partial charge in [-0.1, -0.05) is 11.6 Å². The minimum atomic E-state index is 0.00972. The maximum absolute atomic E-state index is 6.36. The maximum atomic E-state index is 6.36. The van der Waals surface area contributed by atoms with Crippen LogP contribution >= 0.6 is 23.4 Å². The molecule has 18 heavy (non-hydrogen) atoms. The number of aromatic nitrogens is 2. The van der Waals surface area contributed by atoms with Crippen molar-refractivity contribution in [2.45, 2.75) is 45.2 Å². The molecule has 1 atom stereocenters. The molecular weight excluding hydrogens is 266 g/mol. The SMILES string of the molecule is CC(C)n1ncc(Cl)c1C(N)CC1CCSCC1. The monoisotopic (exact) mass is 287 g/mol. The first kappa shape index (κ1) is 14.2. The van der Waals surface area contributed by atoms with Crippen LogP contribution in [0.4, 0.5) is 0 Å². The van der Waals surface area contributed by atoms with Crippen LogP contribution in [0.15, 0.2) is 6.20 Å². The molecule has 0 aromatic carbocycles. The summed E-state index contributed by atoms with van der Waals surface area (Å²) in [7, 11) is 0. The van der Waals surface area contributed by atoms with Gasteiger partial charge in [-0.25, -0.2) is 0 Å². The van der Waals surface area contributed by atoms with Crippen LogP contribution in [0.5, 0.6) is 0 Å². The van der Waals surface area contributed by atoms with Gasteiger partial charge in [0.05, 0.1) is 16.9 Å². The molecule has 2 rings (SSSR count). The van der Waals surface area contributed by atoms with Gasteiger partial charge in [0, 0.05) is 12.1 Å². The third kappa shape index (κ3) is 3.22. The highest BCUT2D eigenvalue weighted by Gasteiger charge is 2.23. The summed E-state index contributed by atoms with van der Waals surface area (Å²) in [4.78, 5) is 0. The van der Waals surface area contributed by atoms with E-state index < -0.39 is 0 Å². The fourth-order valence-corrected chi connectivity index (χ4v) is 4.04. The summed E-state index contributed by atoms with van der Waals surface area (Å²) in [6.45, 7) is 4.22. The lowest BCUT2D eigenvalue weighted by molar-refractivity contribution is 0.390. The van der Waals surface area contributed by atoms with E-state index in [4.69, 9.17) is 17.3 Å². The minimum Gasteiger partial charge on any atom is -0.323 e. The van der Waals surface area contributed by atoms with Crippen molar-refractivity contribution in [1.82, 2.24) is 9.78 Å². The molecule has 1 fully saturated rings. The van der Waals surface area contributed by atoms with Gasteiger partial charge in [0.15, 0.2) is 0 Å². The molecular formula is C13H22ClN3S. The number of nitrogens with zero attached hydrogens (tertiary/aromatic N) is 2. The first-order valence-corrected chi connectivity index (χ1v) is 8.19. The molecule has 102 valence electrons. The molecule has 2 N–H and O–H groups in total. The number of rotatable bonds is 4. The van der Waals surface area contributed by atoms with Gasteiger partial charge in [-0.15, -0.1) is 0 Å². The predicted molar refractivity (Wildman–Crippen MR) is 79.2 cm³/mol. The van der Waals surface area contributed by atoms with Crippen LogP contribution in [0.25, 0.3) is 0 Å². The Morgan fingerprint density at radius 3 is 2.78 bits per heavy atom. The molecule has 1 aliphatic rings. The average Bonchev–Trinajstić information content (AvgIpc) is 2.72. The second kappa shape index (κ2) is 6.31. The second-order valence-electron chi connectivity index (χ2n) is 5.31. The summed E-state index contributed by atoms with van der Waals surface area (Å²) in [6.07, 6.45) is 5.31. The largest absolute Gasteiger partial charge is 0.323 e. The van der Waals surface area contributed by atoms with Crippen LogP contribution < -0.4 is 5.73 Å². The molecule has 3 nitrogen and oxygen atoms in total. The van der Waals surface area contributed by atoms with E-state index in [0.29, 0.717) is 11.1 Å². The van der Waals surface area contributed by atoms with Gasteiger partial charge in [0.1, 0.15) is 0 Å². The van der Waals surface area contributed by atoms with Crippen molar-refractivity contribution in [2.24, 2.45) is 11.7 Å². The third-order valence-electron chi connectivity index (χ3n) is 3.56. The fraction of sp³-hybridized carbons (Fsp3) is 0.769. The quantitative estimate of drug-likeness (QED) is 0.919. The topological polar surface area (TPSA) is 43.8 Å². The van der Waals surface area contributed by atoms with Crippen LogP contribution in [-0.4, -0.2) is 21.3 Å². The molecule has 1 saturated heterocycles. The predicted octanol–water partition coefficient (Wildman–Crippen LogP) is 3.65. The smallest absolute Gasteiger partial charge is 0.0834 e. The van der Waals surface area contributed by atoms with Crippen LogP contribution in [-0.2, 0) is 0 Å². The van der Waals surface area contributed by atoms with Crippen molar-refractivity contribution in [1.29, 1.82) is 0 Å². The molecule has 1 aliphatic heterocycles. The highest BCUT2D eigenvalue weighted by atomic mass is 35.5. The highest BCUT2D eigenvalue weighted by Crippen LogP contribution is 2.33. The Bertz CT molecular complexity index is 386. The lowest BCUT2D eigenvalue weighted by Crippen LogP contribution is -2.22. The summed E-state index contributed by atoms with van der Waals surface area (Å²) >= 11 is 8.28. The summed E-state index contributed by atoms with van der Waals surface area (Å²) in [5.74, 6) is 3.29. The standard InChI is InChI=1S/C13H22ClN3S/c1-9(2)17-13(11(14)8-16-17)12(15)7-10-3-5-18-6-4-10/h8-10,12H,3-7,15H2,1-2H3. The molecule has 0 saturated carbocycles. The molecule has 0 bridgehead atoms. The minimum absolute atomic E-state index is 0.00972. The Hall–Kier alpha value is -0.190. The number of hydrogen-bond acceptors (Lipinski definition) is 3. The summed E-state index contributed by atoms with van der Waals surface area (Å²) < 4.78 is 1.96. The zero-order valence-corrected chi connectivity index (χ0v) is 12.7. The Morgan fingerprint density at radius 1 is 1.50 bits per heavy atom. The molecule has 0 amide bonds. The van der Waals surface area contributed by atoms with E-state index in [9.17, 15) is 0 Å². The fourth-order valence-electron chi connectivity index (χ4n) is 2.56. The number of nitrogens with two attached hydrogens (primary N) is 1. The van der Waals surface area contributed by atoms with Crippen LogP contribution in [0, 0.1) is 5.92 Å². The van der Waals surface area contributed by atoms with Crippen molar-refractivity contribution < 1.29 is 0 Å². The molecule has 0 radical (unpaired) electrons. The lowest BCUT2D eigenvalue weighted by atomic mass is 9.93. The van der Waals surface area contributed by atoms with E-state index in [0.717, 1.165) is 18.0 Å². The number of halogens is 1. The Kier molecular flexibility index (Phi) is 4.98. The first-order valence-electron chi connectivity index (χ1n) is 6.65. The Balaban J connectivity index is 2.07. The highest BCUT2D eigenvalue weighted by molar-refractivity contribution is 7.99. The van der Waals surface area contributed by atoms with Crippen molar-refractivity contribution >= 4 is 23.4 Å². The van der Waals surface area contributed by atoms with Crippen molar-refractivity contribution in [3.05, 3.63) is 16.9 Å². The van der Waals surface area contributed by atoms with Gasteiger partial charge in [0.25, 0.3) is 0 Å². The van der Waals surface area contributed by atoms with Crippen LogP contribution in [0.1, 0.15) is 50.9 Å². The molecule has 1 unspecified atom stereocenters. The first-order chi connectivity index (χ1) is 8.59.